The fourth-order valence-electron chi connectivity index (χ4n) is 0. The fraction of sp³-hybridized carbons (Fsp3) is 0. The van der Waals surface area contributed by atoms with E-state index in [0.717, 1.165) is 0 Å². The van der Waals surface area contributed by atoms with Crippen LogP contribution < -0.4 is 0 Å². The minimum atomic E-state index is 0. The van der Waals surface area contributed by atoms with Crippen LogP contribution in [0.4, 0.5) is 0 Å². The smallest absolute Gasteiger partial charge is 0 e. The molecule has 0 rings (SSSR count). The van der Waals surface area contributed by atoms with E-state index in [-0.39, 0.29) is 37.7 Å². The van der Waals surface area contributed by atoms with E-state index < -0.39 is 0 Å². The Balaban J connectivity index is 0. The molecule has 0 aliphatic carbocycles. The van der Waals surface area contributed by atoms with Crippen molar-refractivity contribution in [2.24, 2.45) is 0 Å². The molecule has 0 heterocycles. The van der Waals surface area contributed by atoms with E-state index in [0.29, 0.717) is 49.0 Å². The van der Waals surface area contributed by atoms with Crippen LogP contribution in [0.3, 0.4) is 0 Å². The van der Waals surface area contributed by atoms with Crippen molar-refractivity contribution in [3.63, 3.8) is 0 Å². The molecule has 0 saturated carbocycles. The van der Waals surface area contributed by atoms with Crippen LogP contribution in [0, 0.1) is 43.2 Å². The van der Waals surface area contributed by atoms with Crippen LogP contribution >= 0.6 is 0 Å². The zero-order chi connectivity index (χ0) is 2.71. The molecule has 0 spiro atoms. The van der Waals surface area contributed by atoms with Gasteiger partial charge in [-0.05, 0) is 0 Å². The first-order valence-corrected chi connectivity index (χ1v) is 2.29. The zero-order valence-corrected chi connectivity index (χ0v) is 6.13. The third kappa shape index (κ3) is 8.83. The Labute approximate surface area is 89.3 Å². The van der Waals surface area contributed by atoms with Gasteiger partial charge in [0.05, 0.1) is 0 Å². The second-order valence-electron chi connectivity index (χ2n) is 0.224. The second kappa shape index (κ2) is 9.04. The van der Waals surface area contributed by atoms with Crippen LogP contribution in [-0.2, 0) is 0 Å². The van der Waals surface area contributed by atoms with Crippen LogP contribution in [0.1, 0.15) is 0 Å². The zero-order valence-electron chi connectivity index (χ0n) is 2.30. The monoisotopic (exact) mass is 105 g/mol. The maximum Gasteiger partial charge on any atom is 0 e. The summed E-state index contributed by atoms with van der Waals surface area (Å²) in [6.45, 7) is 0. The molecule has 0 aromatic carbocycles. The predicted octanol–water partition coefficient (Wildman–Crippen LogP) is -0.364. The van der Waals surface area contributed by atoms with E-state index in [2.05, 4.69) is 0 Å². The van der Waals surface area contributed by atoms with Gasteiger partial charge >= 0.3 is 54.4 Å². The summed E-state index contributed by atoms with van der Waals surface area (Å²) in [5, 5.41) is 7.40. The molecule has 0 saturated heterocycles. The molecule has 0 amide bonds. The largest absolute Gasteiger partial charge is 0 e. The summed E-state index contributed by atoms with van der Waals surface area (Å²) in [5.41, 5.74) is 0. The maximum absolute atomic E-state index is 7.40. The number of hydrogen-bond donors (Lipinski definition) is 0. The van der Waals surface area contributed by atoms with Gasteiger partial charge in [0.1, 0.15) is 0 Å². The third-order valence-corrected chi connectivity index (χ3v) is 0. The fourth-order valence-corrected chi connectivity index (χ4v) is 0. The molecular formula is CArKN. The summed E-state index contributed by atoms with van der Waals surface area (Å²) >= 11 is 0.410. The Morgan fingerprint density at radius 3 is 1.75 bits per heavy atom. The van der Waals surface area contributed by atoms with Crippen LogP contribution in [0.15, 0.2) is 0 Å². The normalized spacial score (nSPS) is 2.25. The van der Waals surface area contributed by atoms with Crippen molar-refractivity contribution < 1.29 is 37.7 Å². The summed E-state index contributed by atoms with van der Waals surface area (Å²) < 4.78 is 1.94. The standard InChI is InChI=1S/CN.Ar.K/c1-2;;. The minimum absolute atomic E-state index is 0. The number of rotatable bonds is 0. The van der Waals surface area contributed by atoms with Gasteiger partial charge in [-0.25, -0.2) is 0 Å². The van der Waals surface area contributed by atoms with Gasteiger partial charge in [-0.3, -0.25) is 0 Å². The Hall–Kier alpha value is 2.39. The number of nitriles is 1. The van der Waals surface area contributed by atoms with Crippen LogP contribution in [0.25, 0.3) is 0 Å². The molecule has 18 valence electrons. The van der Waals surface area contributed by atoms with Crippen molar-refractivity contribution in [1.82, 2.24) is 0 Å². The minimum Gasteiger partial charge on any atom is 0 e. The molecule has 0 fully saturated rings. The molecule has 4 heavy (non-hydrogen) atoms. The first kappa shape index (κ1) is 9.63. The van der Waals surface area contributed by atoms with E-state index in [4.69, 9.17) is 5.26 Å². The number of nitrogens with zero attached hydrogens (tertiary/aromatic N) is 1. The van der Waals surface area contributed by atoms with E-state index in [1.165, 1.54) is 0 Å². The summed E-state index contributed by atoms with van der Waals surface area (Å²) in [5.74, 6) is 0. The van der Waals surface area contributed by atoms with Gasteiger partial charge in [-0.1, -0.05) is 0 Å². The molecule has 0 radical (unpaired) electrons. The molecule has 1 nitrogen and oxygen atoms in total. The predicted molar refractivity (Wildman–Crippen MR) is 11.4 cm³/mol. The SMILES string of the molecule is N#[C][K].[Ar]. The first-order chi connectivity index (χ1) is 1.41. The van der Waals surface area contributed by atoms with Crippen molar-refractivity contribution >= 4 is 49.0 Å². The van der Waals surface area contributed by atoms with Crippen LogP contribution in [0.5, 0.6) is 0 Å². The van der Waals surface area contributed by atoms with Crippen molar-refractivity contribution in [3.05, 3.63) is 0 Å². The molecule has 0 aliphatic heterocycles. The van der Waals surface area contributed by atoms with Gasteiger partial charge in [-0.15, -0.1) is 0 Å². The van der Waals surface area contributed by atoms with Crippen molar-refractivity contribution in [3.8, 4) is 0.164 Å². The van der Waals surface area contributed by atoms with Gasteiger partial charge in [0.2, 0.25) is 0 Å². The van der Waals surface area contributed by atoms with Crippen molar-refractivity contribution in [2.45, 2.75) is 0 Å². The van der Waals surface area contributed by atoms with E-state index >= 15 is 0 Å². The molecule has 3 heteroatoms. The second-order valence-corrected chi connectivity index (χ2v) is 0.922. The van der Waals surface area contributed by atoms with E-state index in [9.17, 15) is 0 Å². The van der Waals surface area contributed by atoms with Crippen molar-refractivity contribution in [1.29, 1.82) is 5.26 Å². The van der Waals surface area contributed by atoms with Gasteiger partial charge < -0.3 is 0 Å². The maximum atomic E-state index is 7.40. The molecule has 0 aromatic rings. The Bertz CT molecular complexity index is 29.5. The quantitative estimate of drug-likeness (QED) is 0.386. The van der Waals surface area contributed by atoms with Gasteiger partial charge in [0.15, 0.2) is 0 Å². The summed E-state index contributed by atoms with van der Waals surface area (Å²) in [6, 6.07) is 0. The van der Waals surface area contributed by atoms with Crippen molar-refractivity contribution in [2.75, 3.05) is 0 Å². The Kier molecular flexibility index (Phi) is 21.8. The van der Waals surface area contributed by atoms with E-state index in [1.54, 1.807) is 0 Å². The van der Waals surface area contributed by atoms with Gasteiger partial charge in [0.25, 0.3) is 0 Å². The Morgan fingerprint density at radius 1 is 1.75 bits per heavy atom. The molecule has 0 atom stereocenters. The summed E-state index contributed by atoms with van der Waals surface area (Å²) in [4.78, 5) is 0. The van der Waals surface area contributed by atoms with Gasteiger partial charge in [0, 0.05) is 37.7 Å². The first-order valence-electron chi connectivity index (χ1n) is 0.724. The van der Waals surface area contributed by atoms with E-state index in [1.807, 2.05) is 0.164 Å². The molecule has 0 N–H and O–H groups in total. The molecule has 0 bridgehead atoms. The average Bonchev–Trinajstić information content (AvgIpc) is 0.918. The topological polar surface area (TPSA) is 23.8 Å². The summed E-state index contributed by atoms with van der Waals surface area (Å²) in [7, 11) is 0. The van der Waals surface area contributed by atoms with Gasteiger partial charge in [-0.2, -0.15) is 0 Å². The summed E-state index contributed by atoms with van der Waals surface area (Å²) in [6.07, 6.45) is 0. The Morgan fingerprint density at radius 2 is 1.75 bits per heavy atom. The molecular weight excluding hydrogens is 105 g/mol. The van der Waals surface area contributed by atoms with Crippen LogP contribution in [0.2, 0.25) is 0 Å². The molecule has 0 aromatic heterocycles. The molecule has 0 aliphatic rings. The van der Waals surface area contributed by atoms with Crippen LogP contribution in [-0.4, -0.2) is 49.0 Å². The average molecular weight is 105 g/mol. The third-order valence-electron chi connectivity index (χ3n) is 0. The molecule has 0 unspecified atom stereocenters. The number of hydrogen-bond acceptors (Lipinski definition) is 1.